The van der Waals surface area contributed by atoms with Crippen LogP contribution in [0.5, 0.6) is 0 Å². The van der Waals surface area contributed by atoms with Gasteiger partial charge in [0.25, 0.3) is 0 Å². The van der Waals surface area contributed by atoms with Crippen LogP contribution < -0.4 is 10.2 Å². The molecule has 0 atom stereocenters. The number of rotatable bonds is 8. The SMILES string of the molecule is CCNC(=NCCc1csc(N2CCCC2)n1)N(C)CCC1CCOCC1.I. The maximum absolute atomic E-state index is 5.46. The number of hydrogen-bond donors (Lipinski definition) is 1. The molecule has 2 aliphatic heterocycles. The van der Waals surface area contributed by atoms with E-state index in [1.165, 1.54) is 42.9 Å². The van der Waals surface area contributed by atoms with E-state index >= 15 is 0 Å². The smallest absolute Gasteiger partial charge is 0.193 e. The van der Waals surface area contributed by atoms with Crippen molar-refractivity contribution in [2.24, 2.45) is 10.9 Å². The highest BCUT2D eigenvalue weighted by molar-refractivity contribution is 14.0. The predicted molar refractivity (Wildman–Crippen MR) is 129 cm³/mol. The van der Waals surface area contributed by atoms with E-state index < -0.39 is 0 Å². The zero-order chi connectivity index (χ0) is 18.9. The van der Waals surface area contributed by atoms with Gasteiger partial charge in [-0.25, -0.2) is 4.98 Å². The molecule has 0 bridgehead atoms. The summed E-state index contributed by atoms with van der Waals surface area (Å²) in [6.45, 7) is 9.03. The number of nitrogens with one attached hydrogen (secondary N) is 1. The van der Waals surface area contributed by atoms with Crippen LogP contribution in [0, 0.1) is 5.92 Å². The van der Waals surface area contributed by atoms with Gasteiger partial charge in [0.2, 0.25) is 0 Å². The average Bonchev–Trinajstić information content (AvgIpc) is 3.38. The summed E-state index contributed by atoms with van der Waals surface area (Å²) < 4.78 is 5.46. The zero-order valence-corrected chi connectivity index (χ0v) is 20.5. The molecule has 0 radical (unpaired) electrons. The summed E-state index contributed by atoms with van der Waals surface area (Å²) in [4.78, 5) is 14.3. The van der Waals surface area contributed by atoms with Crippen molar-refractivity contribution >= 4 is 46.4 Å². The summed E-state index contributed by atoms with van der Waals surface area (Å²) in [6.07, 6.45) is 7.12. The van der Waals surface area contributed by atoms with Crippen LogP contribution in [-0.4, -0.2) is 68.8 Å². The summed E-state index contributed by atoms with van der Waals surface area (Å²) in [7, 11) is 2.15. The Kier molecular flexibility index (Phi) is 10.9. The van der Waals surface area contributed by atoms with Gasteiger partial charge >= 0.3 is 0 Å². The lowest BCUT2D eigenvalue weighted by Crippen LogP contribution is -2.40. The van der Waals surface area contributed by atoms with Gasteiger partial charge in [-0.2, -0.15) is 0 Å². The van der Waals surface area contributed by atoms with E-state index in [2.05, 4.69) is 34.5 Å². The molecular weight excluding hydrogens is 485 g/mol. The number of thiazole rings is 1. The van der Waals surface area contributed by atoms with Gasteiger partial charge in [0, 0.05) is 64.8 Å². The van der Waals surface area contributed by atoms with E-state index in [-0.39, 0.29) is 24.0 Å². The van der Waals surface area contributed by atoms with Gasteiger partial charge in [0.1, 0.15) is 0 Å². The van der Waals surface area contributed by atoms with Crippen molar-refractivity contribution in [2.45, 2.75) is 45.4 Å². The van der Waals surface area contributed by atoms with Crippen molar-refractivity contribution in [2.75, 3.05) is 57.9 Å². The second-order valence-corrected chi connectivity index (χ2v) is 8.40. The summed E-state index contributed by atoms with van der Waals surface area (Å²) >= 11 is 1.78. The van der Waals surface area contributed by atoms with Gasteiger partial charge in [-0.1, -0.05) is 0 Å². The standard InChI is InChI=1S/C20H35N5OS.HI/c1-3-21-19(24(2)13-7-17-8-14-26-15-9-17)22-10-6-18-16-27-20(23-18)25-11-4-5-12-25;/h16-17H,3-15H2,1-2H3,(H,21,22);1H. The van der Waals surface area contributed by atoms with Crippen molar-refractivity contribution in [3.63, 3.8) is 0 Å². The number of aromatic nitrogens is 1. The third-order valence-corrected chi connectivity index (χ3v) is 6.41. The van der Waals surface area contributed by atoms with Gasteiger partial charge in [0.15, 0.2) is 11.1 Å². The molecule has 2 fully saturated rings. The topological polar surface area (TPSA) is 53.0 Å². The molecule has 3 rings (SSSR count). The van der Waals surface area contributed by atoms with Crippen LogP contribution in [0.15, 0.2) is 10.4 Å². The number of aliphatic imine (C=N–C) groups is 1. The number of ether oxygens (including phenoxy) is 1. The summed E-state index contributed by atoms with van der Waals surface area (Å²) in [5.74, 6) is 1.81. The molecule has 6 nitrogen and oxygen atoms in total. The normalized spacial score (nSPS) is 18.2. The van der Waals surface area contributed by atoms with Gasteiger partial charge in [-0.15, -0.1) is 35.3 Å². The average molecular weight is 522 g/mol. The molecule has 0 aliphatic carbocycles. The predicted octanol–water partition coefficient (Wildman–Crippen LogP) is 3.62. The van der Waals surface area contributed by atoms with E-state index in [9.17, 15) is 0 Å². The third-order valence-electron chi connectivity index (χ3n) is 5.46. The van der Waals surface area contributed by atoms with Crippen LogP contribution in [-0.2, 0) is 11.2 Å². The van der Waals surface area contributed by atoms with Gasteiger partial charge in [-0.3, -0.25) is 4.99 Å². The first kappa shape index (κ1) is 23.7. The lowest BCUT2D eigenvalue weighted by atomic mass is 9.96. The largest absolute Gasteiger partial charge is 0.381 e. The zero-order valence-electron chi connectivity index (χ0n) is 17.4. The number of guanidine groups is 1. The minimum Gasteiger partial charge on any atom is -0.381 e. The summed E-state index contributed by atoms with van der Waals surface area (Å²) in [5, 5.41) is 6.82. The Labute approximate surface area is 191 Å². The van der Waals surface area contributed by atoms with Crippen LogP contribution in [0.4, 0.5) is 5.13 Å². The highest BCUT2D eigenvalue weighted by Gasteiger charge is 2.16. The van der Waals surface area contributed by atoms with Crippen LogP contribution in [0.25, 0.3) is 0 Å². The fraction of sp³-hybridized carbons (Fsp3) is 0.800. The molecule has 160 valence electrons. The van der Waals surface area contributed by atoms with E-state index in [4.69, 9.17) is 14.7 Å². The van der Waals surface area contributed by atoms with Crippen molar-refractivity contribution < 1.29 is 4.74 Å². The Morgan fingerprint density at radius 3 is 2.82 bits per heavy atom. The van der Waals surface area contributed by atoms with Crippen molar-refractivity contribution in [1.29, 1.82) is 0 Å². The summed E-state index contributed by atoms with van der Waals surface area (Å²) in [6, 6.07) is 0. The lowest BCUT2D eigenvalue weighted by Gasteiger charge is -2.26. The van der Waals surface area contributed by atoms with Gasteiger partial charge in [0.05, 0.1) is 5.69 Å². The Balaban J connectivity index is 0.00000280. The molecule has 0 amide bonds. The van der Waals surface area contributed by atoms with Gasteiger partial charge < -0.3 is 19.9 Å². The molecule has 2 aliphatic rings. The third kappa shape index (κ3) is 7.33. The van der Waals surface area contributed by atoms with Crippen molar-refractivity contribution in [3.8, 4) is 0 Å². The molecule has 0 spiro atoms. The molecule has 2 saturated heterocycles. The lowest BCUT2D eigenvalue weighted by molar-refractivity contribution is 0.0625. The molecule has 28 heavy (non-hydrogen) atoms. The first-order chi connectivity index (χ1) is 13.3. The Morgan fingerprint density at radius 2 is 2.11 bits per heavy atom. The molecule has 1 N–H and O–H groups in total. The maximum atomic E-state index is 5.46. The number of hydrogen-bond acceptors (Lipinski definition) is 5. The summed E-state index contributed by atoms with van der Waals surface area (Å²) in [5.41, 5.74) is 1.17. The maximum Gasteiger partial charge on any atom is 0.193 e. The Bertz CT molecular complexity index is 585. The molecule has 8 heteroatoms. The highest BCUT2D eigenvalue weighted by Crippen LogP contribution is 2.24. The van der Waals surface area contributed by atoms with Crippen LogP contribution in [0.1, 0.15) is 44.7 Å². The van der Waals surface area contributed by atoms with Crippen LogP contribution in [0.2, 0.25) is 0 Å². The molecule has 0 aromatic carbocycles. The van der Waals surface area contributed by atoms with E-state index in [0.29, 0.717) is 0 Å². The van der Waals surface area contributed by atoms with Crippen LogP contribution in [0.3, 0.4) is 0 Å². The fourth-order valence-electron chi connectivity index (χ4n) is 3.73. The molecule has 0 unspecified atom stereocenters. The number of nitrogens with zero attached hydrogens (tertiary/aromatic N) is 4. The monoisotopic (exact) mass is 521 g/mol. The molecular formula is C20H36IN5OS. The second-order valence-electron chi connectivity index (χ2n) is 7.57. The molecule has 3 heterocycles. The Morgan fingerprint density at radius 1 is 1.36 bits per heavy atom. The van der Waals surface area contributed by atoms with E-state index in [1.54, 1.807) is 11.3 Å². The molecule has 1 aromatic rings. The highest BCUT2D eigenvalue weighted by atomic mass is 127. The quantitative estimate of drug-likeness (QED) is 0.322. The van der Waals surface area contributed by atoms with Crippen LogP contribution >= 0.6 is 35.3 Å². The minimum atomic E-state index is 0. The fourth-order valence-corrected chi connectivity index (χ4v) is 4.64. The molecule has 1 aromatic heterocycles. The van der Waals surface area contributed by atoms with Crippen molar-refractivity contribution in [1.82, 2.24) is 15.2 Å². The van der Waals surface area contributed by atoms with Gasteiger partial charge in [-0.05, 0) is 44.9 Å². The second kappa shape index (κ2) is 12.8. The number of halogens is 1. The van der Waals surface area contributed by atoms with E-state index in [1.807, 2.05) is 0 Å². The first-order valence-electron chi connectivity index (χ1n) is 10.5. The van der Waals surface area contributed by atoms with E-state index in [0.717, 1.165) is 64.2 Å². The molecule has 0 saturated carbocycles. The Hall–Kier alpha value is -0.610. The number of anilines is 1. The first-order valence-corrected chi connectivity index (χ1v) is 11.4. The minimum absolute atomic E-state index is 0. The van der Waals surface area contributed by atoms with Crippen molar-refractivity contribution in [3.05, 3.63) is 11.1 Å².